The molecule has 3 heterocycles. The second-order valence-corrected chi connectivity index (χ2v) is 7.94. The fraction of sp³-hybridized carbons (Fsp3) is 0.571. The molecule has 26 heavy (non-hydrogen) atoms. The number of aliphatic hydroxyl groups excluding tert-OH is 1. The lowest BCUT2D eigenvalue weighted by molar-refractivity contribution is 0.0334. The topological polar surface area (TPSA) is 42.8 Å². The molecule has 0 spiro atoms. The van der Waals surface area contributed by atoms with E-state index in [1.54, 1.807) is 0 Å². The Balaban J connectivity index is 1.64. The molecule has 140 valence electrons. The van der Waals surface area contributed by atoms with Crippen molar-refractivity contribution in [1.29, 1.82) is 0 Å². The maximum atomic E-state index is 9.56. The summed E-state index contributed by atoms with van der Waals surface area (Å²) in [5.74, 6) is 1.06. The summed E-state index contributed by atoms with van der Waals surface area (Å²) in [4.78, 5) is 12.2. The molecule has 0 radical (unpaired) electrons. The van der Waals surface area contributed by atoms with Crippen molar-refractivity contribution < 1.29 is 5.11 Å². The van der Waals surface area contributed by atoms with Gasteiger partial charge >= 0.3 is 0 Å². The van der Waals surface area contributed by atoms with Crippen molar-refractivity contribution in [3.63, 3.8) is 0 Å². The van der Waals surface area contributed by atoms with E-state index in [2.05, 4.69) is 53.1 Å². The van der Waals surface area contributed by atoms with Gasteiger partial charge in [-0.2, -0.15) is 0 Å². The van der Waals surface area contributed by atoms with Gasteiger partial charge < -0.3 is 10.0 Å². The van der Waals surface area contributed by atoms with Gasteiger partial charge in [-0.25, -0.2) is 4.98 Å². The van der Waals surface area contributed by atoms with E-state index in [1.807, 2.05) is 6.07 Å². The second kappa shape index (κ2) is 7.51. The van der Waals surface area contributed by atoms with Crippen LogP contribution in [-0.4, -0.2) is 72.3 Å². The normalized spacial score (nSPS) is 24.1. The minimum absolute atomic E-state index is 0.260. The van der Waals surface area contributed by atoms with Gasteiger partial charge in [-0.05, 0) is 37.9 Å². The van der Waals surface area contributed by atoms with Gasteiger partial charge in [0.15, 0.2) is 0 Å². The largest absolute Gasteiger partial charge is 0.396 e. The van der Waals surface area contributed by atoms with E-state index in [-0.39, 0.29) is 6.61 Å². The van der Waals surface area contributed by atoms with Gasteiger partial charge in [0.2, 0.25) is 0 Å². The van der Waals surface area contributed by atoms with Gasteiger partial charge in [0.25, 0.3) is 0 Å². The van der Waals surface area contributed by atoms with Crippen LogP contribution in [0, 0.1) is 0 Å². The molecule has 5 nitrogen and oxygen atoms in total. The van der Waals surface area contributed by atoms with Crippen LogP contribution < -0.4 is 4.90 Å². The number of aromatic nitrogens is 1. The van der Waals surface area contributed by atoms with Gasteiger partial charge in [-0.3, -0.25) is 9.80 Å². The van der Waals surface area contributed by atoms with Gasteiger partial charge in [-0.15, -0.1) is 0 Å². The summed E-state index contributed by atoms with van der Waals surface area (Å²) < 4.78 is 0. The third-order valence-electron chi connectivity index (χ3n) is 5.95. The highest BCUT2D eigenvalue weighted by Gasteiger charge is 2.36. The molecule has 4 rings (SSSR count). The maximum Gasteiger partial charge on any atom is 0.133 e. The molecule has 2 fully saturated rings. The van der Waals surface area contributed by atoms with Crippen molar-refractivity contribution in [2.75, 3.05) is 45.2 Å². The third kappa shape index (κ3) is 3.43. The first-order valence-corrected chi connectivity index (χ1v) is 9.80. The molecule has 0 unspecified atom stereocenters. The highest BCUT2D eigenvalue weighted by molar-refractivity contribution is 5.81. The lowest BCUT2D eigenvalue weighted by Crippen LogP contribution is -2.55. The number of pyridine rings is 1. The number of nitrogens with zero attached hydrogens (tertiary/aromatic N) is 4. The van der Waals surface area contributed by atoms with Crippen LogP contribution in [0.15, 0.2) is 30.3 Å². The first-order valence-electron chi connectivity index (χ1n) is 9.80. The van der Waals surface area contributed by atoms with Crippen molar-refractivity contribution in [2.24, 2.45) is 0 Å². The van der Waals surface area contributed by atoms with Gasteiger partial charge in [0.1, 0.15) is 5.82 Å². The molecule has 1 aromatic carbocycles. The lowest BCUT2D eigenvalue weighted by Gasteiger charge is -2.44. The summed E-state index contributed by atoms with van der Waals surface area (Å²) in [5.41, 5.74) is 2.33. The molecule has 0 amide bonds. The Morgan fingerprint density at radius 3 is 2.88 bits per heavy atom. The number of hydrogen-bond donors (Lipinski definition) is 1. The SMILES string of the molecule is CN(C)c1nc2ccccc2cc1CN1C[C@@H]2CCCN2C[C@@H]1CCO. The maximum absolute atomic E-state index is 9.56. The average Bonchev–Trinajstić information content (AvgIpc) is 3.08. The second-order valence-electron chi connectivity index (χ2n) is 7.94. The van der Waals surface area contributed by atoms with Gasteiger partial charge in [0, 0.05) is 63.4 Å². The smallest absolute Gasteiger partial charge is 0.133 e. The van der Waals surface area contributed by atoms with Crippen LogP contribution in [0.5, 0.6) is 0 Å². The van der Waals surface area contributed by atoms with E-state index in [0.717, 1.165) is 37.4 Å². The molecule has 0 saturated carbocycles. The number of piperazine rings is 1. The van der Waals surface area contributed by atoms with Crippen LogP contribution in [0.2, 0.25) is 0 Å². The molecule has 2 aliphatic rings. The molecule has 2 saturated heterocycles. The number of benzene rings is 1. The zero-order valence-electron chi connectivity index (χ0n) is 15.9. The number of hydrogen-bond acceptors (Lipinski definition) is 5. The molecule has 0 bridgehead atoms. The van der Waals surface area contributed by atoms with Gasteiger partial charge in [0.05, 0.1) is 5.52 Å². The first kappa shape index (κ1) is 17.7. The molecule has 1 N–H and O–H groups in total. The molecule has 2 aromatic rings. The number of fused-ring (bicyclic) bond motifs is 2. The van der Waals surface area contributed by atoms with Crippen molar-refractivity contribution >= 4 is 16.7 Å². The predicted molar refractivity (Wildman–Crippen MR) is 107 cm³/mol. The van der Waals surface area contributed by atoms with E-state index in [0.29, 0.717) is 12.1 Å². The Morgan fingerprint density at radius 1 is 1.23 bits per heavy atom. The fourth-order valence-corrected chi connectivity index (χ4v) is 4.64. The Kier molecular flexibility index (Phi) is 5.11. The minimum Gasteiger partial charge on any atom is -0.396 e. The molecule has 1 aromatic heterocycles. The van der Waals surface area contributed by atoms with E-state index in [1.165, 1.54) is 30.3 Å². The van der Waals surface area contributed by atoms with Crippen LogP contribution in [0.3, 0.4) is 0 Å². The van der Waals surface area contributed by atoms with Crippen molar-refractivity contribution in [3.05, 3.63) is 35.9 Å². The Labute approximate surface area is 156 Å². The fourth-order valence-electron chi connectivity index (χ4n) is 4.64. The summed E-state index contributed by atoms with van der Waals surface area (Å²) in [7, 11) is 4.14. The van der Waals surface area contributed by atoms with Crippen LogP contribution in [0.1, 0.15) is 24.8 Å². The van der Waals surface area contributed by atoms with E-state index < -0.39 is 0 Å². The van der Waals surface area contributed by atoms with Crippen LogP contribution in [0.25, 0.3) is 10.9 Å². The Bertz CT molecular complexity index is 763. The molecule has 5 heteroatoms. The highest BCUT2D eigenvalue weighted by atomic mass is 16.3. The third-order valence-corrected chi connectivity index (χ3v) is 5.95. The summed E-state index contributed by atoms with van der Waals surface area (Å²) >= 11 is 0. The average molecular weight is 354 g/mol. The zero-order chi connectivity index (χ0) is 18.1. The lowest BCUT2D eigenvalue weighted by atomic mass is 10.0. The van der Waals surface area contributed by atoms with Gasteiger partial charge in [-0.1, -0.05) is 18.2 Å². The molecule has 2 atom stereocenters. The summed E-state index contributed by atoms with van der Waals surface area (Å²) in [6.45, 7) is 4.57. The number of aliphatic hydroxyl groups is 1. The molecular weight excluding hydrogens is 324 g/mol. The van der Waals surface area contributed by atoms with Crippen molar-refractivity contribution in [1.82, 2.24) is 14.8 Å². The Hall–Kier alpha value is -1.69. The number of anilines is 1. The predicted octanol–water partition coefficient (Wildman–Crippen LogP) is 2.33. The summed E-state index contributed by atoms with van der Waals surface area (Å²) in [6, 6.07) is 11.8. The monoisotopic (exact) mass is 354 g/mol. The Morgan fingerprint density at radius 2 is 2.08 bits per heavy atom. The van der Waals surface area contributed by atoms with E-state index in [9.17, 15) is 5.11 Å². The summed E-state index contributed by atoms with van der Waals surface area (Å²) in [5, 5.41) is 10.8. The zero-order valence-corrected chi connectivity index (χ0v) is 15.9. The molecule has 0 aliphatic carbocycles. The number of para-hydroxylation sites is 1. The van der Waals surface area contributed by atoms with Crippen LogP contribution in [0.4, 0.5) is 5.82 Å². The van der Waals surface area contributed by atoms with E-state index in [4.69, 9.17) is 4.98 Å². The quantitative estimate of drug-likeness (QED) is 0.893. The summed E-state index contributed by atoms with van der Waals surface area (Å²) in [6.07, 6.45) is 3.46. The number of rotatable bonds is 5. The van der Waals surface area contributed by atoms with Crippen molar-refractivity contribution in [3.8, 4) is 0 Å². The standard InChI is InChI=1S/C21H30N4O/c1-23(2)21-17(12-16-6-3-4-8-20(16)22-21)13-25-15-18-7-5-10-24(18)14-19(25)9-11-26/h3-4,6,8,12,18-19,26H,5,7,9-11,13-15H2,1-2H3/t18-,19-/m0/s1. The van der Waals surface area contributed by atoms with Crippen LogP contribution in [-0.2, 0) is 6.54 Å². The van der Waals surface area contributed by atoms with Crippen molar-refractivity contribution in [2.45, 2.75) is 37.9 Å². The first-order chi connectivity index (χ1) is 12.7. The molecular formula is C21H30N4O. The minimum atomic E-state index is 0.260. The van der Waals surface area contributed by atoms with Crippen LogP contribution >= 0.6 is 0 Å². The highest BCUT2D eigenvalue weighted by Crippen LogP contribution is 2.30. The molecule has 2 aliphatic heterocycles. The van der Waals surface area contributed by atoms with E-state index >= 15 is 0 Å².